The molecule has 0 saturated heterocycles. The number of pyridine rings is 2. The summed E-state index contributed by atoms with van der Waals surface area (Å²) in [6.45, 7) is 2.09. The quantitative estimate of drug-likeness (QED) is 0.399. The highest BCUT2D eigenvalue weighted by atomic mass is 32.1. The SMILES string of the molecule is Cc1ccncc1-c1ccc2[nH]nc(-c3nc4c(-c5ccsc5)ccnc4[nH]3)c2c1. The van der Waals surface area contributed by atoms with Crippen LogP contribution in [0, 0.1) is 6.92 Å². The lowest BCUT2D eigenvalue weighted by Crippen LogP contribution is -1.85. The zero-order valence-electron chi connectivity index (χ0n) is 16.0. The molecule has 0 bridgehead atoms. The van der Waals surface area contributed by atoms with E-state index in [0.717, 1.165) is 50.0 Å². The normalized spacial score (nSPS) is 11.5. The molecule has 30 heavy (non-hydrogen) atoms. The van der Waals surface area contributed by atoms with Crippen LogP contribution in [0.1, 0.15) is 5.56 Å². The number of fused-ring (bicyclic) bond motifs is 2. The highest BCUT2D eigenvalue weighted by Crippen LogP contribution is 2.33. The monoisotopic (exact) mass is 408 g/mol. The van der Waals surface area contributed by atoms with E-state index in [1.807, 2.05) is 36.8 Å². The Hall–Kier alpha value is -3.84. The topological polar surface area (TPSA) is 83.1 Å². The van der Waals surface area contributed by atoms with Crippen molar-refractivity contribution in [1.29, 1.82) is 0 Å². The minimum absolute atomic E-state index is 0.700. The highest BCUT2D eigenvalue weighted by Gasteiger charge is 2.16. The molecule has 6 nitrogen and oxygen atoms in total. The average molecular weight is 408 g/mol. The van der Waals surface area contributed by atoms with Crippen molar-refractivity contribution in [3.63, 3.8) is 0 Å². The molecule has 0 aliphatic rings. The Morgan fingerprint density at radius 3 is 2.80 bits per heavy atom. The summed E-state index contributed by atoms with van der Waals surface area (Å²) in [5, 5.41) is 12.9. The van der Waals surface area contributed by atoms with Crippen molar-refractivity contribution in [3.8, 4) is 33.8 Å². The van der Waals surface area contributed by atoms with Crippen LogP contribution < -0.4 is 0 Å². The van der Waals surface area contributed by atoms with Gasteiger partial charge >= 0.3 is 0 Å². The standard InChI is InChI=1S/C23H16N6S/c1-13-4-7-24-11-18(13)14-2-3-19-17(10-14)21(29-28-19)23-26-20-16(15-6-9-30-12-15)5-8-25-22(20)27-23/h2-12H,1H3,(H,28,29)(H,25,26,27). The van der Waals surface area contributed by atoms with E-state index in [4.69, 9.17) is 4.98 Å². The number of aromatic nitrogens is 6. The van der Waals surface area contributed by atoms with E-state index in [2.05, 4.69) is 61.0 Å². The van der Waals surface area contributed by atoms with E-state index < -0.39 is 0 Å². The molecule has 7 heteroatoms. The number of rotatable bonds is 3. The number of benzene rings is 1. The van der Waals surface area contributed by atoms with Crippen LogP contribution in [0.15, 0.2) is 65.7 Å². The van der Waals surface area contributed by atoms with Gasteiger partial charge in [0, 0.05) is 35.1 Å². The van der Waals surface area contributed by atoms with Gasteiger partial charge in [-0.05, 0) is 64.7 Å². The van der Waals surface area contributed by atoms with E-state index in [0.29, 0.717) is 5.82 Å². The molecule has 6 aromatic rings. The number of nitrogens with zero attached hydrogens (tertiary/aromatic N) is 4. The number of thiophene rings is 1. The molecular weight excluding hydrogens is 392 g/mol. The third-order valence-corrected chi connectivity index (χ3v) is 6.04. The Morgan fingerprint density at radius 2 is 1.93 bits per heavy atom. The maximum Gasteiger partial charge on any atom is 0.160 e. The molecule has 6 rings (SSSR count). The predicted octanol–water partition coefficient (Wildman–Crippen LogP) is 5.60. The molecule has 5 aromatic heterocycles. The average Bonchev–Trinajstić information content (AvgIpc) is 3.51. The van der Waals surface area contributed by atoms with Gasteiger partial charge in [0.25, 0.3) is 0 Å². The molecule has 0 radical (unpaired) electrons. The van der Waals surface area contributed by atoms with Crippen LogP contribution in [0.5, 0.6) is 0 Å². The van der Waals surface area contributed by atoms with Gasteiger partial charge in [-0.3, -0.25) is 10.1 Å². The van der Waals surface area contributed by atoms with Gasteiger partial charge in [-0.1, -0.05) is 6.07 Å². The van der Waals surface area contributed by atoms with Gasteiger partial charge in [0.1, 0.15) is 11.2 Å². The molecule has 0 saturated carbocycles. The van der Waals surface area contributed by atoms with Crippen molar-refractivity contribution >= 4 is 33.4 Å². The second-order valence-electron chi connectivity index (χ2n) is 7.18. The van der Waals surface area contributed by atoms with Crippen LogP contribution in [0.2, 0.25) is 0 Å². The number of H-pyrrole nitrogens is 2. The van der Waals surface area contributed by atoms with Crippen LogP contribution in [0.4, 0.5) is 0 Å². The Morgan fingerprint density at radius 1 is 0.967 bits per heavy atom. The largest absolute Gasteiger partial charge is 0.321 e. The second kappa shape index (κ2) is 6.60. The van der Waals surface area contributed by atoms with Gasteiger partial charge in [-0.15, -0.1) is 0 Å². The first-order chi connectivity index (χ1) is 14.8. The lowest BCUT2D eigenvalue weighted by Gasteiger charge is -2.05. The summed E-state index contributed by atoms with van der Waals surface area (Å²) in [4.78, 5) is 17.0. The van der Waals surface area contributed by atoms with Crippen LogP contribution in [0.3, 0.4) is 0 Å². The summed E-state index contributed by atoms with van der Waals surface area (Å²) in [5.74, 6) is 0.700. The van der Waals surface area contributed by atoms with E-state index in [1.54, 1.807) is 11.3 Å². The van der Waals surface area contributed by atoms with Crippen molar-refractivity contribution in [2.45, 2.75) is 6.92 Å². The summed E-state index contributed by atoms with van der Waals surface area (Å²) < 4.78 is 0. The fraction of sp³-hybridized carbons (Fsp3) is 0.0435. The zero-order valence-corrected chi connectivity index (χ0v) is 16.9. The first-order valence-electron chi connectivity index (χ1n) is 9.55. The van der Waals surface area contributed by atoms with Gasteiger partial charge in [0.15, 0.2) is 11.5 Å². The number of nitrogens with one attached hydrogen (secondary N) is 2. The first kappa shape index (κ1) is 17.1. The van der Waals surface area contributed by atoms with Crippen LogP contribution >= 0.6 is 11.3 Å². The fourth-order valence-electron chi connectivity index (χ4n) is 3.80. The van der Waals surface area contributed by atoms with E-state index >= 15 is 0 Å². The highest BCUT2D eigenvalue weighted by molar-refractivity contribution is 7.08. The molecule has 0 amide bonds. The summed E-state index contributed by atoms with van der Waals surface area (Å²) in [7, 11) is 0. The van der Waals surface area contributed by atoms with Crippen molar-refractivity contribution < 1.29 is 0 Å². The molecule has 2 N–H and O–H groups in total. The summed E-state index contributed by atoms with van der Waals surface area (Å²) in [6.07, 6.45) is 5.52. The molecule has 0 aliphatic heterocycles. The molecular formula is C23H16N6S. The summed E-state index contributed by atoms with van der Waals surface area (Å²) >= 11 is 1.67. The molecule has 5 heterocycles. The summed E-state index contributed by atoms with van der Waals surface area (Å²) in [6, 6.07) is 12.4. The van der Waals surface area contributed by atoms with Crippen molar-refractivity contribution in [1.82, 2.24) is 30.1 Å². The number of hydrogen-bond acceptors (Lipinski definition) is 5. The maximum atomic E-state index is 4.87. The maximum absolute atomic E-state index is 4.87. The molecule has 0 unspecified atom stereocenters. The van der Waals surface area contributed by atoms with Crippen molar-refractivity contribution in [2.75, 3.05) is 0 Å². The van der Waals surface area contributed by atoms with Gasteiger partial charge in [0.05, 0.1) is 5.52 Å². The van der Waals surface area contributed by atoms with Gasteiger partial charge in [-0.25, -0.2) is 9.97 Å². The first-order valence-corrected chi connectivity index (χ1v) is 10.5. The third-order valence-electron chi connectivity index (χ3n) is 5.35. The molecule has 144 valence electrons. The minimum Gasteiger partial charge on any atom is -0.321 e. The van der Waals surface area contributed by atoms with Crippen LogP contribution in [-0.4, -0.2) is 30.1 Å². The second-order valence-corrected chi connectivity index (χ2v) is 7.96. The zero-order chi connectivity index (χ0) is 20.1. The number of aromatic amines is 2. The van der Waals surface area contributed by atoms with Gasteiger partial charge < -0.3 is 4.98 Å². The lowest BCUT2D eigenvalue weighted by atomic mass is 10.0. The molecule has 0 spiro atoms. The van der Waals surface area contributed by atoms with Crippen LogP contribution in [0.25, 0.3) is 55.8 Å². The molecule has 1 aromatic carbocycles. The third kappa shape index (κ3) is 2.63. The smallest absolute Gasteiger partial charge is 0.160 e. The van der Waals surface area contributed by atoms with Crippen molar-refractivity contribution in [3.05, 3.63) is 71.3 Å². The Kier molecular flexibility index (Phi) is 3.75. The van der Waals surface area contributed by atoms with E-state index in [1.165, 1.54) is 5.56 Å². The van der Waals surface area contributed by atoms with Crippen LogP contribution in [-0.2, 0) is 0 Å². The number of imidazole rings is 1. The Bertz CT molecular complexity index is 1510. The number of aryl methyl sites for hydroxylation is 1. The van der Waals surface area contributed by atoms with Crippen molar-refractivity contribution in [2.24, 2.45) is 0 Å². The molecule has 0 aliphatic carbocycles. The van der Waals surface area contributed by atoms with E-state index in [9.17, 15) is 0 Å². The Labute approximate surface area is 175 Å². The summed E-state index contributed by atoms with van der Waals surface area (Å²) in [5.41, 5.74) is 8.95. The lowest BCUT2D eigenvalue weighted by molar-refractivity contribution is 1.10. The molecule has 0 fully saturated rings. The van der Waals surface area contributed by atoms with Gasteiger partial charge in [0.2, 0.25) is 0 Å². The van der Waals surface area contributed by atoms with E-state index in [-0.39, 0.29) is 0 Å². The predicted molar refractivity (Wildman–Crippen MR) is 120 cm³/mol. The van der Waals surface area contributed by atoms with Gasteiger partial charge in [-0.2, -0.15) is 16.4 Å². The number of hydrogen-bond donors (Lipinski definition) is 2. The molecule has 0 atom stereocenters. The fourth-order valence-corrected chi connectivity index (χ4v) is 4.46. The Balaban J connectivity index is 1.53. The minimum atomic E-state index is 0.700.